The third kappa shape index (κ3) is 6.20. The fourth-order valence-electron chi connectivity index (χ4n) is 8.22. The van der Waals surface area contributed by atoms with E-state index in [2.05, 4.69) is 31.2 Å². The summed E-state index contributed by atoms with van der Waals surface area (Å²) in [5, 5.41) is 9.23. The van der Waals surface area contributed by atoms with Gasteiger partial charge in [-0.1, -0.05) is 36.4 Å². The summed E-state index contributed by atoms with van der Waals surface area (Å²) in [6, 6.07) is 14.2. The van der Waals surface area contributed by atoms with Crippen molar-refractivity contribution in [3.05, 3.63) is 70.3 Å². The fraction of sp³-hybridized carbons (Fsp3) is 0.543. The second-order valence-corrected chi connectivity index (χ2v) is 12.5. The third-order valence-electron chi connectivity index (χ3n) is 9.79. The number of hydrogen-bond acceptors (Lipinski definition) is 3. The largest absolute Gasteiger partial charge is 0.478 e. The first-order chi connectivity index (χ1) is 19.3. The number of allylic oxidation sites excluding steroid dienone is 1. The molecule has 214 valence electrons. The highest BCUT2D eigenvalue weighted by Gasteiger charge is 2.52. The van der Waals surface area contributed by atoms with Crippen molar-refractivity contribution >= 4 is 23.5 Å². The van der Waals surface area contributed by atoms with Crippen molar-refractivity contribution in [3.63, 3.8) is 0 Å². The van der Waals surface area contributed by atoms with Crippen LogP contribution in [0.2, 0.25) is 0 Å². The lowest BCUT2D eigenvalue weighted by Crippen LogP contribution is -2.49. The highest BCUT2D eigenvalue weighted by molar-refractivity contribution is 5.88. The van der Waals surface area contributed by atoms with Gasteiger partial charge in [-0.2, -0.15) is 0 Å². The maximum Gasteiger partial charge on any atom is 0.335 e. The van der Waals surface area contributed by atoms with Gasteiger partial charge in [0.1, 0.15) is 6.61 Å². The number of carbonyl (C=O) groups is 2. The van der Waals surface area contributed by atoms with Gasteiger partial charge in [-0.25, -0.2) is 4.79 Å². The van der Waals surface area contributed by atoms with Crippen LogP contribution in [0.25, 0.3) is 11.6 Å². The molecule has 6 rings (SSSR count). The Morgan fingerprint density at radius 3 is 2.12 bits per heavy atom. The lowest BCUT2D eigenvalue weighted by Gasteiger charge is -2.57. The van der Waals surface area contributed by atoms with Gasteiger partial charge in [0.2, 0.25) is 5.91 Å². The molecule has 0 aliphatic heterocycles. The Morgan fingerprint density at radius 2 is 1.55 bits per heavy atom. The molecular formula is C35H45NO4. The summed E-state index contributed by atoms with van der Waals surface area (Å²) in [5.74, 6) is 1.80. The van der Waals surface area contributed by atoms with Crippen LogP contribution >= 0.6 is 0 Å². The molecule has 1 N–H and O–H groups in total. The van der Waals surface area contributed by atoms with Gasteiger partial charge in [0.25, 0.3) is 0 Å². The Balaban J connectivity index is 1.35. The molecule has 4 saturated carbocycles. The van der Waals surface area contributed by atoms with Gasteiger partial charge in [-0.05, 0) is 135 Å². The lowest BCUT2D eigenvalue weighted by molar-refractivity contribution is -0.135. The highest BCUT2D eigenvalue weighted by Crippen LogP contribution is 2.61. The molecular weight excluding hydrogens is 498 g/mol. The summed E-state index contributed by atoms with van der Waals surface area (Å²) in [7, 11) is 0. The number of carboxylic acids is 1. The maximum atomic E-state index is 12.3. The number of carboxylic acid groups (broad SMARTS) is 1. The molecule has 0 aromatic heterocycles. The number of aryl methyl sites for hydroxylation is 1. The Kier molecular flexibility index (Phi) is 8.80. The van der Waals surface area contributed by atoms with E-state index in [4.69, 9.17) is 4.74 Å². The molecule has 4 aliphatic carbocycles. The van der Waals surface area contributed by atoms with E-state index in [9.17, 15) is 14.7 Å². The van der Waals surface area contributed by atoms with Crippen molar-refractivity contribution in [1.82, 2.24) is 4.90 Å². The third-order valence-corrected chi connectivity index (χ3v) is 9.79. The lowest BCUT2D eigenvalue weighted by atomic mass is 9.47. The van der Waals surface area contributed by atoms with Gasteiger partial charge in [0.05, 0.1) is 5.56 Å². The maximum absolute atomic E-state index is 12.3. The average molecular weight is 544 g/mol. The number of amides is 1. The number of hydrogen-bond donors (Lipinski definition) is 1. The fourth-order valence-corrected chi connectivity index (χ4v) is 8.22. The molecule has 2 aromatic rings. The number of ether oxygens (including phenoxy) is 1. The van der Waals surface area contributed by atoms with E-state index < -0.39 is 5.97 Å². The van der Waals surface area contributed by atoms with E-state index in [-0.39, 0.29) is 12.5 Å². The summed E-state index contributed by atoms with van der Waals surface area (Å²) in [4.78, 5) is 25.4. The predicted octanol–water partition coefficient (Wildman–Crippen LogP) is 7.23. The van der Waals surface area contributed by atoms with Crippen molar-refractivity contribution < 1.29 is 19.4 Å². The molecule has 2 aromatic carbocycles. The van der Waals surface area contributed by atoms with E-state index in [1.807, 2.05) is 30.9 Å². The summed E-state index contributed by atoms with van der Waals surface area (Å²) in [5.41, 5.74) is 7.06. The van der Waals surface area contributed by atoms with Crippen LogP contribution in [-0.2, 0) is 21.4 Å². The Labute approximate surface area is 239 Å². The first-order valence-corrected chi connectivity index (χ1v) is 15.3. The molecule has 0 unspecified atom stereocenters. The van der Waals surface area contributed by atoms with Crippen LogP contribution < -0.4 is 0 Å². The molecule has 0 atom stereocenters. The molecule has 4 fully saturated rings. The molecule has 5 heteroatoms. The Bertz CT molecular complexity index is 1210. The zero-order chi connectivity index (χ0) is 28.3. The van der Waals surface area contributed by atoms with Gasteiger partial charge in [0.15, 0.2) is 0 Å². The molecule has 4 bridgehead atoms. The second kappa shape index (κ2) is 12.3. The van der Waals surface area contributed by atoms with Crippen LogP contribution in [0.5, 0.6) is 0 Å². The van der Waals surface area contributed by atoms with Crippen molar-refractivity contribution in [3.8, 4) is 0 Å². The SMILES string of the molecule is CCN(CC)C(=O)COCCCc1ccc(/C(C)=C/c2ccc(C(=O)O)cc2)cc1C12CC3CC(CC(C3)C1)C2. The van der Waals surface area contributed by atoms with Crippen LogP contribution in [0.4, 0.5) is 0 Å². The number of benzene rings is 2. The van der Waals surface area contributed by atoms with Gasteiger partial charge in [0, 0.05) is 19.7 Å². The van der Waals surface area contributed by atoms with Crippen LogP contribution in [0.15, 0.2) is 42.5 Å². The molecule has 5 nitrogen and oxygen atoms in total. The van der Waals surface area contributed by atoms with Crippen molar-refractivity contribution in [1.29, 1.82) is 0 Å². The minimum Gasteiger partial charge on any atom is -0.478 e. The first kappa shape index (κ1) is 28.6. The number of likely N-dealkylation sites (N-methyl/N-ethyl adjacent to an activating group) is 1. The van der Waals surface area contributed by atoms with E-state index in [1.54, 1.807) is 17.7 Å². The topological polar surface area (TPSA) is 66.8 Å². The van der Waals surface area contributed by atoms with Gasteiger partial charge in [-0.15, -0.1) is 0 Å². The number of rotatable bonds is 12. The number of aromatic carboxylic acids is 1. The normalized spacial score (nSPS) is 25.3. The van der Waals surface area contributed by atoms with Gasteiger partial charge in [-0.3, -0.25) is 4.79 Å². The number of carbonyl (C=O) groups excluding carboxylic acids is 1. The van der Waals surface area contributed by atoms with E-state index in [0.29, 0.717) is 17.6 Å². The van der Waals surface area contributed by atoms with Crippen LogP contribution in [0, 0.1) is 17.8 Å². The summed E-state index contributed by atoms with van der Waals surface area (Å²) < 4.78 is 5.81. The van der Waals surface area contributed by atoms with E-state index >= 15 is 0 Å². The first-order valence-electron chi connectivity index (χ1n) is 15.3. The molecule has 0 saturated heterocycles. The smallest absolute Gasteiger partial charge is 0.335 e. The molecule has 1 amide bonds. The standard InChI is InChI=1S/C35H45NO4/c1-4-36(5-2)33(37)23-40-14-6-7-29-12-13-31(24(3)15-25-8-10-30(11-9-25)34(38)39)19-32(29)35-20-26-16-27(21-35)18-28(17-26)22-35/h8-13,15,19,26-28H,4-7,14,16-18,20-23H2,1-3H3,(H,38,39)/b24-15+. The van der Waals surface area contributed by atoms with Gasteiger partial charge < -0.3 is 14.7 Å². The second-order valence-electron chi connectivity index (χ2n) is 12.5. The van der Waals surface area contributed by atoms with Crippen LogP contribution in [0.3, 0.4) is 0 Å². The van der Waals surface area contributed by atoms with E-state index in [1.165, 1.54) is 55.2 Å². The van der Waals surface area contributed by atoms with Crippen LogP contribution in [-0.4, -0.2) is 48.2 Å². The molecule has 4 aliphatic rings. The van der Waals surface area contributed by atoms with Crippen molar-refractivity contribution in [2.24, 2.45) is 17.8 Å². The molecule has 40 heavy (non-hydrogen) atoms. The van der Waals surface area contributed by atoms with E-state index in [0.717, 1.165) is 49.2 Å². The van der Waals surface area contributed by atoms with Crippen molar-refractivity contribution in [2.45, 2.75) is 77.6 Å². The van der Waals surface area contributed by atoms with Gasteiger partial charge >= 0.3 is 5.97 Å². The summed E-state index contributed by atoms with van der Waals surface area (Å²) >= 11 is 0. The zero-order valence-corrected chi connectivity index (χ0v) is 24.5. The molecule has 0 radical (unpaired) electrons. The molecule has 0 spiro atoms. The summed E-state index contributed by atoms with van der Waals surface area (Å²) in [6.45, 7) is 8.37. The highest BCUT2D eigenvalue weighted by atomic mass is 16.5. The minimum absolute atomic E-state index is 0.0727. The van der Waals surface area contributed by atoms with Crippen molar-refractivity contribution in [2.75, 3.05) is 26.3 Å². The van der Waals surface area contributed by atoms with Crippen LogP contribution in [0.1, 0.15) is 98.3 Å². The molecule has 0 heterocycles. The minimum atomic E-state index is -0.899. The monoisotopic (exact) mass is 543 g/mol. The quantitative estimate of drug-likeness (QED) is 0.227. The summed E-state index contributed by atoms with van der Waals surface area (Å²) in [6.07, 6.45) is 12.3. The zero-order valence-electron chi connectivity index (χ0n) is 24.5. The average Bonchev–Trinajstić information content (AvgIpc) is 2.93. The predicted molar refractivity (Wildman–Crippen MR) is 160 cm³/mol. The Hall–Kier alpha value is -2.92. The number of nitrogens with zero attached hydrogens (tertiary/aromatic N) is 1. The Morgan fingerprint density at radius 1 is 0.950 bits per heavy atom.